The average Bonchev–Trinajstić information content (AvgIpc) is 2.45. The van der Waals surface area contributed by atoms with Gasteiger partial charge in [-0.2, -0.15) is 0 Å². The fourth-order valence-electron chi connectivity index (χ4n) is 2.82. The third-order valence-corrected chi connectivity index (χ3v) is 3.97. The van der Waals surface area contributed by atoms with E-state index in [0.29, 0.717) is 5.69 Å². The number of hydrogen-bond acceptors (Lipinski definition) is 3. The molecule has 0 aromatic carbocycles. The van der Waals surface area contributed by atoms with Gasteiger partial charge < -0.3 is 15.4 Å². The summed E-state index contributed by atoms with van der Waals surface area (Å²) in [6.45, 7) is 1.71. The Kier molecular flexibility index (Phi) is 4.77. The number of carbonyl (C=O) groups is 2. The van der Waals surface area contributed by atoms with Crippen LogP contribution in [0.15, 0.2) is 16.9 Å². The number of nitrogens with one attached hydrogen (secondary N) is 2. The SMILES string of the molecule is Cc1ccc(C(=O)NC(C(=O)O)C2CCCCC2)c(=O)[nH]1. The minimum Gasteiger partial charge on any atom is -0.480 e. The molecule has 0 saturated heterocycles. The van der Waals surface area contributed by atoms with Crippen LogP contribution in [0.25, 0.3) is 0 Å². The molecular weight excluding hydrogens is 272 g/mol. The van der Waals surface area contributed by atoms with Gasteiger partial charge in [0.05, 0.1) is 0 Å². The molecule has 1 saturated carbocycles. The van der Waals surface area contributed by atoms with E-state index in [-0.39, 0.29) is 11.5 Å². The van der Waals surface area contributed by atoms with Crippen molar-refractivity contribution in [1.29, 1.82) is 0 Å². The van der Waals surface area contributed by atoms with E-state index < -0.39 is 23.5 Å². The van der Waals surface area contributed by atoms with E-state index in [2.05, 4.69) is 10.3 Å². The van der Waals surface area contributed by atoms with Gasteiger partial charge in [0.1, 0.15) is 11.6 Å². The number of carboxylic acids is 1. The van der Waals surface area contributed by atoms with Crippen molar-refractivity contribution >= 4 is 11.9 Å². The van der Waals surface area contributed by atoms with Gasteiger partial charge in [-0.05, 0) is 37.8 Å². The van der Waals surface area contributed by atoms with Crippen LogP contribution >= 0.6 is 0 Å². The van der Waals surface area contributed by atoms with Crippen molar-refractivity contribution < 1.29 is 14.7 Å². The largest absolute Gasteiger partial charge is 0.480 e. The van der Waals surface area contributed by atoms with Crippen LogP contribution in [-0.4, -0.2) is 28.0 Å². The van der Waals surface area contributed by atoms with E-state index >= 15 is 0 Å². The topological polar surface area (TPSA) is 99.3 Å². The lowest BCUT2D eigenvalue weighted by Crippen LogP contribution is -2.47. The van der Waals surface area contributed by atoms with E-state index in [4.69, 9.17) is 0 Å². The summed E-state index contributed by atoms with van der Waals surface area (Å²) in [5.74, 6) is -1.74. The van der Waals surface area contributed by atoms with E-state index in [1.807, 2.05) is 0 Å². The van der Waals surface area contributed by atoms with E-state index in [0.717, 1.165) is 32.1 Å². The summed E-state index contributed by atoms with van der Waals surface area (Å²) in [4.78, 5) is 37.8. The van der Waals surface area contributed by atoms with Gasteiger partial charge in [-0.3, -0.25) is 9.59 Å². The monoisotopic (exact) mass is 292 g/mol. The molecule has 1 aromatic heterocycles. The third-order valence-electron chi connectivity index (χ3n) is 3.97. The predicted molar refractivity (Wildman–Crippen MR) is 77.3 cm³/mol. The molecule has 114 valence electrons. The molecular formula is C15H20N2O4. The quantitative estimate of drug-likeness (QED) is 0.782. The number of H-pyrrole nitrogens is 1. The summed E-state index contributed by atoms with van der Waals surface area (Å²) in [7, 11) is 0. The highest BCUT2D eigenvalue weighted by atomic mass is 16.4. The van der Waals surface area contributed by atoms with E-state index in [1.54, 1.807) is 13.0 Å². The summed E-state index contributed by atoms with van der Waals surface area (Å²) in [6.07, 6.45) is 4.66. The molecule has 6 nitrogen and oxygen atoms in total. The zero-order valence-corrected chi connectivity index (χ0v) is 12.0. The number of aromatic nitrogens is 1. The Hall–Kier alpha value is -2.11. The molecule has 3 N–H and O–H groups in total. The van der Waals surface area contributed by atoms with Gasteiger partial charge in [-0.1, -0.05) is 19.3 Å². The molecule has 0 aliphatic heterocycles. The Bertz CT molecular complexity index is 588. The second kappa shape index (κ2) is 6.56. The second-order valence-corrected chi connectivity index (χ2v) is 5.57. The van der Waals surface area contributed by atoms with Crippen LogP contribution in [0.2, 0.25) is 0 Å². The van der Waals surface area contributed by atoms with Gasteiger partial charge in [-0.15, -0.1) is 0 Å². The Balaban J connectivity index is 2.14. The maximum Gasteiger partial charge on any atom is 0.326 e. The summed E-state index contributed by atoms with van der Waals surface area (Å²) < 4.78 is 0. The van der Waals surface area contributed by atoms with Crippen LogP contribution in [0.3, 0.4) is 0 Å². The second-order valence-electron chi connectivity index (χ2n) is 5.57. The zero-order valence-electron chi connectivity index (χ0n) is 12.0. The van der Waals surface area contributed by atoms with Crippen LogP contribution in [0.5, 0.6) is 0 Å². The van der Waals surface area contributed by atoms with Gasteiger partial charge >= 0.3 is 5.97 Å². The molecule has 1 aromatic rings. The van der Waals surface area contributed by atoms with Gasteiger partial charge in [-0.25, -0.2) is 4.79 Å². The molecule has 1 atom stereocenters. The zero-order chi connectivity index (χ0) is 15.4. The molecule has 1 aliphatic carbocycles. The molecule has 1 amide bonds. The molecule has 6 heteroatoms. The molecule has 0 spiro atoms. The van der Waals surface area contributed by atoms with Gasteiger partial charge in [0, 0.05) is 5.69 Å². The summed E-state index contributed by atoms with van der Waals surface area (Å²) >= 11 is 0. The van der Waals surface area contributed by atoms with Crippen LogP contribution in [-0.2, 0) is 4.79 Å². The number of carbonyl (C=O) groups excluding carboxylic acids is 1. The van der Waals surface area contributed by atoms with Crippen LogP contribution in [0.1, 0.15) is 48.2 Å². The molecule has 2 rings (SSSR count). The smallest absolute Gasteiger partial charge is 0.326 e. The van der Waals surface area contributed by atoms with Crippen LogP contribution < -0.4 is 10.9 Å². The van der Waals surface area contributed by atoms with Gasteiger partial charge in [0.15, 0.2) is 0 Å². The minimum atomic E-state index is -1.04. The van der Waals surface area contributed by atoms with Crippen molar-refractivity contribution in [2.45, 2.75) is 45.1 Å². The first kappa shape index (κ1) is 15.3. The molecule has 1 fully saturated rings. The maximum atomic E-state index is 12.1. The highest BCUT2D eigenvalue weighted by molar-refractivity contribution is 5.96. The first-order valence-electron chi connectivity index (χ1n) is 7.22. The lowest BCUT2D eigenvalue weighted by Gasteiger charge is -2.27. The predicted octanol–water partition coefficient (Wildman–Crippen LogP) is 1.45. The van der Waals surface area contributed by atoms with Gasteiger partial charge in [0.25, 0.3) is 11.5 Å². The van der Waals surface area contributed by atoms with Crippen molar-refractivity contribution in [3.63, 3.8) is 0 Å². The number of pyridine rings is 1. The molecule has 0 bridgehead atoms. The lowest BCUT2D eigenvalue weighted by atomic mass is 9.84. The molecule has 1 heterocycles. The van der Waals surface area contributed by atoms with Crippen LogP contribution in [0, 0.1) is 12.8 Å². The van der Waals surface area contributed by atoms with Crippen molar-refractivity contribution in [3.8, 4) is 0 Å². The Labute approximate surface area is 122 Å². The maximum absolute atomic E-state index is 12.1. The average molecular weight is 292 g/mol. The number of rotatable bonds is 4. The minimum absolute atomic E-state index is 0.0531. The molecule has 1 aliphatic rings. The summed E-state index contributed by atoms with van der Waals surface area (Å²) in [5, 5.41) is 11.8. The first-order valence-corrected chi connectivity index (χ1v) is 7.22. The highest BCUT2D eigenvalue weighted by Crippen LogP contribution is 2.26. The summed E-state index contributed by atoms with van der Waals surface area (Å²) in [5.41, 5.74) is 0.0987. The van der Waals surface area contributed by atoms with Crippen LogP contribution in [0.4, 0.5) is 0 Å². The number of aliphatic carboxylic acids is 1. The Morgan fingerprint density at radius 3 is 2.52 bits per heavy atom. The Morgan fingerprint density at radius 2 is 1.95 bits per heavy atom. The van der Waals surface area contributed by atoms with Crippen molar-refractivity contribution in [2.75, 3.05) is 0 Å². The number of aryl methyl sites for hydroxylation is 1. The number of hydrogen-bond donors (Lipinski definition) is 3. The van der Waals surface area contributed by atoms with Crippen molar-refractivity contribution in [3.05, 3.63) is 33.7 Å². The first-order chi connectivity index (χ1) is 9.99. The molecule has 21 heavy (non-hydrogen) atoms. The normalized spacial score (nSPS) is 17.2. The summed E-state index contributed by atoms with van der Waals surface area (Å²) in [6, 6.07) is 2.11. The number of aromatic amines is 1. The van der Waals surface area contributed by atoms with E-state index in [1.165, 1.54) is 6.07 Å². The van der Waals surface area contributed by atoms with E-state index in [9.17, 15) is 19.5 Å². The third kappa shape index (κ3) is 3.71. The fourth-order valence-corrected chi connectivity index (χ4v) is 2.82. The molecule has 0 radical (unpaired) electrons. The van der Waals surface area contributed by atoms with Gasteiger partial charge in [0.2, 0.25) is 0 Å². The fraction of sp³-hybridized carbons (Fsp3) is 0.533. The molecule has 1 unspecified atom stereocenters. The number of amides is 1. The van der Waals surface area contributed by atoms with Crippen molar-refractivity contribution in [1.82, 2.24) is 10.3 Å². The standard InChI is InChI=1S/C15H20N2O4/c1-9-7-8-11(13(18)16-9)14(19)17-12(15(20)21)10-5-3-2-4-6-10/h7-8,10,12H,2-6H2,1H3,(H,16,18)(H,17,19)(H,20,21). The Morgan fingerprint density at radius 1 is 1.29 bits per heavy atom. The lowest BCUT2D eigenvalue weighted by molar-refractivity contribution is -0.141. The highest BCUT2D eigenvalue weighted by Gasteiger charge is 2.31. The number of carboxylic acid groups (broad SMARTS) is 1. The van der Waals surface area contributed by atoms with Crippen molar-refractivity contribution in [2.24, 2.45) is 5.92 Å².